The lowest BCUT2D eigenvalue weighted by molar-refractivity contribution is -0.209. The minimum Gasteiger partial charge on any atom is -0.393 e. The first-order valence-corrected chi connectivity index (χ1v) is 5.52. The van der Waals surface area contributed by atoms with Gasteiger partial charge in [-0.15, -0.1) is 0 Å². The molecule has 2 saturated carbocycles. The predicted molar refractivity (Wildman–Crippen MR) is 53.7 cm³/mol. The molecule has 1 saturated heterocycles. The van der Waals surface area contributed by atoms with Gasteiger partial charge in [0.1, 0.15) is 22.9 Å². The summed E-state index contributed by atoms with van der Waals surface area (Å²) in [6.45, 7) is 4.03. The molecule has 3 aliphatic rings. The van der Waals surface area contributed by atoms with E-state index in [4.69, 9.17) is 4.74 Å². The van der Waals surface area contributed by atoms with Crippen molar-refractivity contribution in [3.05, 3.63) is 0 Å². The number of hydrogen-bond donors (Lipinski definition) is 4. The van der Waals surface area contributed by atoms with Crippen molar-refractivity contribution in [1.82, 2.24) is 0 Å². The van der Waals surface area contributed by atoms with Gasteiger partial charge in [-0.2, -0.15) is 0 Å². The molecule has 4 N–H and O–H groups in total. The Labute approximate surface area is 97.8 Å². The van der Waals surface area contributed by atoms with Crippen molar-refractivity contribution in [3.8, 4) is 0 Å². The fraction of sp³-hybridized carbons (Fsp3) is 0.909. The fourth-order valence-electron chi connectivity index (χ4n) is 4.08. The van der Waals surface area contributed by atoms with Crippen LogP contribution in [0.25, 0.3) is 0 Å². The molecule has 6 heteroatoms. The van der Waals surface area contributed by atoms with Gasteiger partial charge in [-0.1, -0.05) is 13.8 Å². The lowest BCUT2D eigenvalue weighted by Gasteiger charge is -2.22. The van der Waals surface area contributed by atoms with Gasteiger partial charge in [0.25, 0.3) is 0 Å². The average molecular weight is 244 g/mol. The summed E-state index contributed by atoms with van der Waals surface area (Å²) in [4.78, 5) is 11.0. The molecule has 1 heterocycles. The topological polar surface area (TPSA) is 107 Å². The van der Waals surface area contributed by atoms with Crippen LogP contribution >= 0.6 is 0 Å². The Morgan fingerprint density at radius 2 is 1.65 bits per heavy atom. The normalized spacial score (nSPS) is 66.1. The van der Waals surface area contributed by atoms with Gasteiger partial charge in [-0.3, -0.25) is 0 Å². The summed E-state index contributed by atoms with van der Waals surface area (Å²) >= 11 is 0. The Morgan fingerprint density at radius 1 is 1.12 bits per heavy atom. The number of aldehydes is 1. The van der Waals surface area contributed by atoms with E-state index in [1.807, 2.05) is 0 Å². The largest absolute Gasteiger partial charge is 0.393 e. The Morgan fingerprint density at radius 3 is 2.00 bits per heavy atom. The third-order valence-electron chi connectivity index (χ3n) is 5.62. The molecule has 0 aromatic carbocycles. The smallest absolute Gasteiger partial charge is 0.215 e. The molecule has 0 amide bonds. The van der Waals surface area contributed by atoms with Crippen LogP contribution in [-0.2, 0) is 9.53 Å². The Balaban J connectivity index is 2.19. The van der Waals surface area contributed by atoms with E-state index < -0.39 is 40.0 Å². The summed E-state index contributed by atoms with van der Waals surface area (Å²) in [5, 5.41) is 40.6. The van der Waals surface area contributed by atoms with Gasteiger partial charge in [-0.05, 0) is 6.92 Å². The molecule has 3 fully saturated rings. The number of carbonyl (C=O) groups is 1. The predicted octanol–water partition coefficient (Wildman–Crippen LogP) is -1.84. The van der Waals surface area contributed by atoms with Crippen LogP contribution < -0.4 is 0 Å². The van der Waals surface area contributed by atoms with Gasteiger partial charge >= 0.3 is 0 Å². The van der Waals surface area contributed by atoms with E-state index >= 15 is 0 Å². The summed E-state index contributed by atoms with van der Waals surface area (Å²) in [6.07, 6.45) is 0.390. The Hall–Kier alpha value is -0.530. The second-order valence-electron chi connectivity index (χ2n) is 6.10. The van der Waals surface area contributed by atoms with Gasteiger partial charge < -0.3 is 30.0 Å². The fourth-order valence-corrected chi connectivity index (χ4v) is 4.08. The molecule has 1 aliphatic heterocycles. The second-order valence-corrected chi connectivity index (χ2v) is 6.10. The van der Waals surface area contributed by atoms with Crippen LogP contribution in [0, 0.1) is 10.8 Å². The number of carbonyl (C=O) groups excluding carboxylic acids is 1. The number of fused-ring (bicyclic) bond motifs is 3. The molecular weight excluding hydrogens is 228 g/mol. The molecule has 0 aromatic rings. The summed E-state index contributed by atoms with van der Waals surface area (Å²) in [6, 6.07) is 0. The number of rotatable bonds is 2. The maximum atomic E-state index is 11.0. The highest BCUT2D eigenvalue weighted by molar-refractivity contribution is 5.77. The molecular formula is C11H16O6. The number of aliphatic hydroxyl groups excluding tert-OH is 1. The van der Waals surface area contributed by atoms with Gasteiger partial charge in [0.15, 0.2) is 5.60 Å². The number of hydrogen-bond acceptors (Lipinski definition) is 6. The minimum atomic E-state index is -2.12. The van der Waals surface area contributed by atoms with Crippen molar-refractivity contribution < 1.29 is 30.0 Å². The van der Waals surface area contributed by atoms with Crippen LogP contribution in [0.5, 0.6) is 0 Å². The molecule has 5 atom stereocenters. The summed E-state index contributed by atoms with van der Waals surface area (Å²) in [5.74, 6) is -2.12. The quantitative estimate of drug-likeness (QED) is 0.425. The summed E-state index contributed by atoms with van der Waals surface area (Å²) in [7, 11) is 0. The maximum absolute atomic E-state index is 11.0. The first-order chi connectivity index (χ1) is 7.58. The number of ether oxygens (including phenoxy) is 1. The maximum Gasteiger partial charge on any atom is 0.215 e. The van der Waals surface area contributed by atoms with E-state index in [9.17, 15) is 25.2 Å². The number of aliphatic hydroxyl groups is 4. The second kappa shape index (κ2) is 2.19. The zero-order chi connectivity index (χ0) is 13.1. The first-order valence-electron chi connectivity index (χ1n) is 5.52. The molecule has 96 valence electrons. The van der Waals surface area contributed by atoms with Crippen molar-refractivity contribution in [2.45, 2.75) is 43.4 Å². The third-order valence-corrected chi connectivity index (χ3v) is 5.62. The molecule has 2 aliphatic carbocycles. The van der Waals surface area contributed by atoms with Crippen molar-refractivity contribution in [3.63, 3.8) is 0 Å². The average Bonchev–Trinajstić information content (AvgIpc) is 2.79. The molecule has 0 radical (unpaired) electrons. The van der Waals surface area contributed by atoms with Gasteiger partial charge in [0, 0.05) is 5.41 Å². The highest BCUT2D eigenvalue weighted by Crippen LogP contribution is 2.90. The third kappa shape index (κ3) is 0.565. The van der Waals surface area contributed by atoms with Gasteiger partial charge in [-0.25, -0.2) is 0 Å². The monoisotopic (exact) mass is 244 g/mol. The zero-order valence-corrected chi connectivity index (χ0v) is 9.89. The van der Waals surface area contributed by atoms with Crippen LogP contribution in [0.4, 0.5) is 0 Å². The van der Waals surface area contributed by atoms with E-state index in [0.717, 1.165) is 0 Å². The summed E-state index contributed by atoms with van der Waals surface area (Å²) in [5.41, 5.74) is -7.81. The molecule has 0 aromatic heterocycles. The Kier molecular flexibility index (Phi) is 1.49. The molecule has 0 spiro atoms. The SMILES string of the molecule is CC1(C)[C@@]2(O)[C@@]3(O)C(C)(C=O)[C@@]3(O)O[C@@]12CO. The molecule has 0 bridgehead atoms. The molecule has 1 unspecified atom stereocenters. The highest BCUT2D eigenvalue weighted by Gasteiger charge is 3.12. The van der Waals surface area contributed by atoms with Crippen LogP contribution in [-0.4, -0.2) is 55.9 Å². The van der Waals surface area contributed by atoms with Gasteiger partial charge in [0.05, 0.1) is 6.61 Å². The van der Waals surface area contributed by atoms with Crippen LogP contribution in [0.1, 0.15) is 20.8 Å². The lowest BCUT2D eigenvalue weighted by Crippen LogP contribution is -2.43. The highest BCUT2D eigenvalue weighted by atomic mass is 16.7. The van der Waals surface area contributed by atoms with E-state index in [-0.39, 0.29) is 0 Å². The summed E-state index contributed by atoms with van der Waals surface area (Å²) < 4.78 is 5.34. The van der Waals surface area contributed by atoms with Crippen LogP contribution in [0.2, 0.25) is 0 Å². The van der Waals surface area contributed by atoms with E-state index in [1.165, 1.54) is 6.92 Å². The van der Waals surface area contributed by atoms with E-state index in [2.05, 4.69) is 0 Å². The zero-order valence-electron chi connectivity index (χ0n) is 9.89. The standard InChI is InChI=1S/C11H16O6/c1-6(2)8(5-13)9(6,14)10(15)7(3,4-12)11(10,16)17-8/h4,13-16H,5H2,1-3H3/t7?,8-,9-,10-,11+/m0/s1. The van der Waals surface area contributed by atoms with E-state index in [1.54, 1.807) is 13.8 Å². The van der Waals surface area contributed by atoms with Crippen molar-refractivity contribution in [2.24, 2.45) is 10.8 Å². The Bertz CT molecular complexity index is 449. The first kappa shape index (κ1) is 11.6. The van der Waals surface area contributed by atoms with E-state index in [0.29, 0.717) is 6.29 Å². The van der Waals surface area contributed by atoms with Crippen molar-refractivity contribution in [1.29, 1.82) is 0 Å². The van der Waals surface area contributed by atoms with Crippen molar-refractivity contribution in [2.75, 3.05) is 6.61 Å². The molecule has 3 rings (SSSR count). The van der Waals surface area contributed by atoms with Gasteiger partial charge in [0.2, 0.25) is 5.79 Å². The lowest BCUT2D eigenvalue weighted by atomic mass is 9.93. The van der Waals surface area contributed by atoms with Crippen molar-refractivity contribution >= 4 is 6.29 Å². The van der Waals surface area contributed by atoms with Crippen LogP contribution in [0.15, 0.2) is 0 Å². The van der Waals surface area contributed by atoms with Crippen LogP contribution in [0.3, 0.4) is 0 Å². The molecule has 17 heavy (non-hydrogen) atoms. The molecule has 6 nitrogen and oxygen atoms in total. The minimum absolute atomic E-state index is 0.390.